The molecular weight excluding hydrogens is 491 g/mol. The van der Waals surface area contributed by atoms with Crippen LogP contribution in [-0.2, 0) is 16.5 Å². The first-order valence-electron chi connectivity index (χ1n) is 2.19. The van der Waals surface area contributed by atoms with Gasteiger partial charge in [-0.2, -0.15) is 0 Å². The first-order valence-corrected chi connectivity index (χ1v) is 2.19. The molecule has 0 aromatic heterocycles. The molecule has 23 heteroatoms. The third kappa shape index (κ3) is 1180. The van der Waals surface area contributed by atoms with Crippen molar-refractivity contribution < 1.29 is 222 Å². The largest absolute Gasteiger partial charge is 2.00 e. The zero-order valence-electron chi connectivity index (χ0n) is 11.9. The minimum atomic E-state index is 0. The van der Waals surface area contributed by atoms with Crippen molar-refractivity contribution in [3.63, 3.8) is 0 Å². The summed E-state index contributed by atoms with van der Waals surface area (Å²) in [5.41, 5.74) is 0. The van der Waals surface area contributed by atoms with Gasteiger partial charge in [0.25, 0.3) is 0 Å². The van der Waals surface area contributed by atoms with Crippen LogP contribution in [0.4, 0.5) is 0 Å². The fourth-order valence-corrected chi connectivity index (χ4v) is 0. The van der Waals surface area contributed by atoms with Gasteiger partial charge >= 0.3 is 222 Å². The van der Waals surface area contributed by atoms with Crippen molar-refractivity contribution in [2.75, 3.05) is 0 Å². The molecule has 0 amide bonds. The number of nitrogens with zero attached hydrogens (tertiary/aromatic N) is 6. The van der Waals surface area contributed by atoms with Gasteiger partial charge in [-0.15, -0.1) is 32.0 Å². The van der Waals surface area contributed by atoms with Gasteiger partial charge in [-0.1, -0.05) is 0 Å². The Hall–Kier alpha value is 3.44. The van der Waals surface area contributed by atoms with E-state index in [-0.39, 0.29) is 222 Å². The van der Waals surface area contributed by atoms with Crippen LogP contribution in [0.15, 0.2) is 32.0 Å². The molecule has 0 aromatic rings. The van der Waals surface area contributed by atoms with Gasteiger partial charge in [0.2, 0.25) is 0 Å². The van der Waals surface area contributed by atoms with Crippen molar-refractivity contribution in [1.29, 1.82) is 0 Å². The second kappa shape index (κ2) is 171. The monoisotopic (exact) mass is 490 g/mol. The van der Waals surface area contributed by atoms with Gasteiger partial charge in [0.05, 0.1) is 0 Å². The fraction of sp³-hybridized carbons (Fsp3) is 0. The average Bonchev–Trinajstić information content (AvgIpc) is 2.23. The van der Waals surface area contributed by atoms with E-state index in [1.165, 1.54) is 0 Å². The standard InChI is InChI=1S/4K.6HNO2.Ni/c;;;;6*2-1-3;/h;;;;6*(H,2,3);/q4*+1;;;;;;;+2/p-6. The van der Waals surface area contributed by atoms with Crippen LogP contribution in [0.3, 0.4) is 0 Å². The van der Waals surface area contributed by atoms with Gasteiger partial charge in [0, 0.05) is 0 Å². The predicted molar refractivity (Wildman–Crippen MR) is 55.0 cm³/mol. The van der Waals surface area contributed by atoms with Crippen LogP contribution in [0, 0.1) is 60.7 Å². The zero-order valence-corrected chi connectivity index (χ0v) is 25.4. The summed E-state index contributed by atoms with van der Waals surface area (Å²) in [6.07, 6.45) is 0. The molecule has 0 radical (unpaired) electrons. The third-order valence-corrected chi connectivity index (χ3v) is 0. The second-order valence-electron chi connectivity index (χ2n) is 0.447. The molecule has 0 aliphatic carbocycles. The van der Waals surface area contributed by atoms with Crippen LogP contribution in [0.25, 0.3) is 0 Å². The Bertz CT molecular complexity index is 129. The van der Waals surface area contributed by atoms with Gasteiger partial charge in [-0.3, -0.25) is 0 Å². The van der Waals surface area contributed by atoms with E-state index < -0.39 is 0 Å². The van der Waals surface area contributed by atoms with Gasteiger partial charge in [0.1, 0.15) is 0 Å². The summed E-state index contributed by atoms with van der Waals surface area (Å²) in [5.74, 6) is 0. The molecule has 0 atom stereocenters. The van der Waals surface area contributed by atoms with Gasteiger partial charge in [-0.05, 0) is 0 Å². The maximum absolute atomic E-state index is 8.00. The van der Waals surface area contributed by atoms with Crippen LogP contribution in [0.5, 0.6) is 0 Å². The first-order chi connectivity index (χ1) is 8.49. The number of hydrogen-bond donors (Lipinski definition) is 0. The summed E-state index contributed by atoms with van der Waals surface area (Å²) in [6.45, 7) is 0. The van der Waals surface area contributed by atoms with Gasteiger partial charge < -0.3 is 60.7 Å². The summed E-state index contributed by atoms with van der Waals surface area (Å²) >= 11 is 0. The third-order valence-electron chi connectivity index (χ3n) is 0. The Morgan fingerprint density at radius 1 is 0.348 bits per heavy atom. The van der Waals surface area contributed by atoms with Crippen molar-refractivity contribution in [3.05, 3.63) is 60.7 Å². The normalized spacial score (nSPS) is 3.13. The van der Waals surface area contributed by atoms with Crippen molar-refractivity contribution in [2.24, 2.45) is 32.0 Å². The van der Waals surface area contributed by atoms with Gasteiger partial charge in [0.15, 0.2) is 0 Å². The van der Waals surface area contributed by atoms with Crippen LogP contribution in [0.2, 0.25) is 0 Å². The Morgan fingerprint density at radius 2 is 0.348 bits per heavy atom. The van der Waals surface area contributed by atoms with Crippen molar-refractivity contribution in [3.8, 4) is 0 Å². The van der Waals surface area contributed by atoms with E-state index in [0.717, 1.165) is 32.0 Å². The molecule has 0 rings (SSSR count). The Labute approximate surface area is 306 Å². The van der Waals surface area contributed by atoms with Gasteiger partial charge in [-0.25, -0.2) is 0 Å². The predicted octanol–water partition coefficient (Wildman–Crippen LogP) is -10.5. The van der Waals surface area contributed by atoms with Crippen LogP contribution in [0.1, 0.15) is 0 Å². The maximum atomic E-state index is 8.00. The quantitative estimate of drug-likeness (QED) is 0.173. The molecule has 23 heavy (non-hydrogen) atoms. The summed E-state index contributed by atoms with van der Waals surface area (Å²) in [7, 11) is 0. The zero-order chi connectivity index (χ0) is 16.2. The van der Waals surface area contributed by atoms with Crippen LogP contribution < -0.4 is 206 Å². The molecule has 0 saturated heterocycles. The molecule has 116 valence electrons. The second-order valence-corrected chi connectivity index (χ2v) is 0.447. The molecule has 0 N–H and O–H groups in total. The SMILES string of the molecule is O=N[O-].O=N[O-].O=N[O-].O=N[O-].O=N[O-].O=N[O-].[K+].[K+].[K+].[K+].[Ni+2]. The van der Waals surface area contributed by atoms with Crippen molar-refractivity contribution in [1.82, 2.24) is 0 Å². The minimum absolute atomic E-state index is 0. The first kappa shape index (κ1) is 71.8. The molecule has 0 aromatic carbocycles. The fourth-order valence-electron chi connectivity index (χ4n) is 0. The van der Waals surface area contributed by atoms with E-state index in [4.69, 9.17) is 60.7 Å². The molecule has 0 aliphatic heterocycles. The van der Waals surface area contributed by atoms with Crippen molar-refractivity contribution in [2.45, 2.75) is 0 Å². The van der Waals surface area contributed by atoms with Crippen molar-refractivity contribution >= 4 is 0 Å². The molecule has 0 unspecified atom stereocenters. The Balaban J connectivity index is -0.00000000800. The molecular formula is K4N6NiO12. The molecule has 0 aliphatic rings. The van der Waals surface area contributed by atoms with E-state index in [1.807, 2.05) is 0 Å². The average molecular weight is 491 g/mol. The summed E-state index contributed by atoms with van der Waals surface area (Å²) in [4.78, 5) is 48.0. The van der Waals surface area contributed by atoms with E-state index >= 15 is 0 Å². The summed E-state index contributed by atoms with van der Waals surface area (Å²) < 4.78 is 0. The molecule has 0 saturated carbocycles. The van der Waals surface area contributed by atoms with E-state index in [1.54, 1.807) is 0 Å². The van der Waals surface area contributed by atoms with E-state index in [0.29, 0.717) is 0 Å². The molecule has 0 spiro atoms. The van der Waals surface area contributed by atoms with Crippen LogP contribution >= 0.6 is 0 Å². The molecule has 0 bridgehead atoms. The Morgan fingerprint density at radius 3 is 0.348 bits per heavy atom. The topological polar surface area (TPSA) is 315 Å². The maximum Gasteiger partial charge on any atom is 2.00 e. The van der Waals surface area contributed by atoms with E-state index in [9.17, 15) is 0 Å². The molecule has 0 heterocycles. The van der Waals surface area contributed by atoms with E-state index in [2.05, 4.69) is 0 Å². The number of rotatable bonds is 0. The Kier molecular flexibility index (Phi) is 532. The minimum Gasteiger partial charge on any atom is -0.444 e. The van der Waals surface area contributed by atoms with Crippen LogP contribution in [-0.4, -0.2) is 0 Å². The smallest absolute Gasteiger partial charge is 0.444 e. The molecule has 0 fully saturated rings. The number of hydrogen-bond acceptors (Lipinski definition) is 18. The summed E-state index contributed by atoms with van der Waals surface area (Å²) in [5, 5.41) is 54.0. The summed E-state index contributed by atoms with van der Waals surface area (Å²) in [6, 6.07) is 0. The molecule has 18 nitrogen and oxygen atoms in total.